The van der Waals surface area contributed by atoms with E-state index in [2.05, 4.69) is 9.97 Å². The molecule has 1 heterocycles. The second-order valence-electron chi connectivity index (χ2n) is 3.42. The highest BCUT2D eigenvalue weighted by Gasteiger charge is 2.10. The smallest absolute Gasteiger partial charge is 0.216 e. The summed E-state index contributed by atoms with van der Waals surface area (Å²) in [6.45, 7) is 0. The predicted molar refractivity (Wildman–Crippen MR) is 64.0 cm³/mol. The molecule has 94 valence electrons. The summed E-state index contributed by atoms with van der Waals surface area (Å²) in [5, 5.41) is 9.37. The zero-order valence-corrected chi connectivity index (χ0v) is 9.92. The maximum atomic E-state index is 13.3. The molecule has 0 atom stereocenters. The van der Waals surface area contributed by atoms with Crippen LogP contribution in [0.25, 0.3) is 0 Å². The van der Waals surface area contributed by atoms with Gasteiger partial charge in [0.25, 0.3) is 0 Å². The van der Waals surface area contributed by atoms with Crippen LogP contribution in [0.4, 0.5) is 14.6 Å². The van der Waals surface area contributed by atoms with E-state index in [1.807, 2.05) is 0 Å². The average molecular weight is 269 g/mol. The van der Waals surface area contributed by atoms with Crippen LogP contribution >= 0.6 is 11.8 Å². The summed E-state index contributed by atoms with van der Waals surface area (Å²) in [4.78, 5) is 7.52. The third kappa shape index (κ3) is 2.86. The van der Waals surface area contributed by atoms with Crippen molar-refractivity contribution >= 4 is 17.6 Å². The lowest BCUT2D eigenvalue weighted by atomic mass is 10.2. The summed E-state index contributed by atoms with van der Waals surface area (Å²) < 4.78 is 26.7. The number of benzene rings is 1. The summed E-state index contributed by atoms with van der Waals surface area (Å²) >= 11 is 0.988. The van der Waals surface area contributed by atoms with Crippen molar-refractivity contribution in [2.45, 2.75) is 10.9 Å². The van der Waals surface area contributed by atoms with Gasteiger partial charge in [-0.15, -0.1) is 0 Å². The number of hydrogen-bond acceptors (Lipinski definition) is 5. The highest BCUT2D eigenvalue weighted by atomic mass is 32.2. The van der Waals surface area contributed by atoms with E-state index in [-0.39, 0.29) is 28.2 Å². The number of nitrogens with two attached hydrogens (primary N) is 1. The first-order chi connectivity index (χ1) is 8.56. The lowest BCUT2D eigenvalue weighted by Crippen LogP contribution is -1.96. The quantitative estimate of drug-likeness (QED) is 0.661. The minimum absolute atomic E-state index is 0.0153. The van der Waals surface area contributed by atoms with Gasteiger partial charge in [0.15, 0.2) is 5.16 Å². The topological polar surface area (TPSA) is 72.0 Å². The van der Waals surface area contributed by atoms with Gasteiger partial charge >= 0.3 is 0 Å². The fourth-order valence-corrected chi connectivity index (χ4v) is 2.18. The van der Waals surface area contributed by atoms with Crippen LogP contribution in [0.3, 0.4) is 0 Å². The number of hydrogen-bond donors (Lipinski definition) is 2. The molecule has 0 saturated heterocycles. The van der Waals surface area contributed by atoms with Gasteiger partial charge in [0, 0.05) is 17.4 Å². The van der Waals surface area contributed by atoms with Crippen molar-refractivity contribution in [2.75, 3.05) is 5.73 Å². The van der Waals surface area contributed by atoms with E-state index in [9.17, 15) is 13.9 Å². The van der Waals surface area contributed by atoms with Gasteiger partial charge in [-0.1, -0.05) is 17.8 Å². The Balaban J connectivity index is 2.16. The third-order valence-corrected chi connectivity index (χ3v) is 2.99. The Morgan fingerprint density at radius 1 is 1.22 bits per heavy atom. The Labute approximate surface area is 106 Å². The molecule has 0 bridgehead atoms. The largest absolute Gasteiger partial charge is 0.493 e. The molecule has 0 radical (unpaired) electrons. The number of halogens is 2. The SMILES string of the molecule is Nc1cc(O)nc(SCc2c(F)cccc2F)n1. The highest BCUT2D eigenvalue weighted by molar-refractivity contribution is 7.98. The second kappa shape index (κ2) is 5.18. The molecule has 18 heavy (non-hydrogen) atoms. The second-order valence-corrected chi connectivity index (χ2v) is 4.36. The molecule has 7 heteroatoms. The van der Waals surface area contributed by atoms with Crippen molar-refractivity contribution in [3.05, 3.63) is 41.5 Å². The monoisotopic (exact) mass is 269 g/mol. The van der Waals surface area contributed by atoms with Crippen LogP contribution in [0.2, 0.25) is 0 Å². The Kier molecular flexibility index (Phi) is 3.61. The molecule has 0 spiro atoms. The fourth-order valence-electron chi connectivity index (χ4n) is 1.30. The van der Waals surface area contributed by atoms with Crippen molar-refractivity contribution in [2.24, 2.45) is 0 Å². The Morgan fingerprint density at radius 2 is 1.89 bits per heavy atom. The number of nitrogens with zero attached hydrogens (tertiary/aromatic N) is 2. The van der Waals surface area contributed by atoms with Crippen LogP contribution in [0.15, 0.2) is 29.4 Å². The lowest BCUT2D eigenvalue weighted by molar-refractivity contribution is 0.446. The van der Waals surface area contributed by atoms with E-state index in [4.69, 9.17) is 5.73 Å². The summed E-state index contributed by atoms with van der Waals surface area (Å²) in [5.41, 5.74) is 5.35. The van der Waals surface area contributed by atoms with Crippen molar-refractivity contribution < 1.29 is 13.9 Å². The summed E-state index contributed by atoms with van der Waals surface area (Å²) in [6.07, 6.45) is 0. The molecule has 0 fully saturated rings. The van der Waals surface area contributed by atoms with E-state index in [1.165, 1.54) is 24.3 Å². The molecule has 3 N–H and O–H groups in total. The van der Waals surface area contributed by atoms with Gasteiger partial charge in [-0.05, 0) is 12.1 Å². The summed E-state index contributed by atoms with van der Waals surface area (Å²) in [5.74, 6) is -1.43. The van der Waals surface area contributed by atoms with Gasteiger partial charge in [-0.2, -0.15) is 4.98 Å². The van der Waals surface area contributed by atoms with Crippen molar-refractivity contribution in [3.63, 3.8) is 0 Å². The number of rotatable bonds is 3. The molecular formula is C11H9F2N3OS. The maximum absolute atomic E-state index is 13.3. The third-order valence-electron chi connectivity index (χ3n) is 2.12. The van der Waals surface area contributed by atoms with Crippen LogP contribution in [0.5, 0.6) is 5.88 Å². The van der Waals surface area contributed by atoms with E-state index >= 15 is 0 Å². The molecule has 0 aliphatic heterocycles. The number of nitrogen functional groups attached to an aromatic ring is 1. The molecule has 4 nitrogen and oxygen atoms in total. The maximum Gasteiger partial charge on any atom is 0.216 e. The van der Waals surface area contributed by atoms with Crippen LogP contribution in [-0.4, -0.2) is 15.1 Å². The molecule has 2 rings (SSSR count). The van der Waals surface area contributed by atoms with Crippen LogP contribution < -0.4 is 5.73 Å². The van der Waals surface area contributed by atoms with Crippen molar-refractivity contribution in [1.82, 2.24) is 9.97 Å². The van der Waals surface area contributed by atoms with E-state index in [0.717, 1.165) is 11.8 Å². The molecule has 0 aliphatic carbocycles. The number of anilines is 1. The molecule has 0 aliphatic rings. The van der Waals surface area contributed by atoms with Gasteiger partial charge in [0.1, 0.15) is 17.5 Å². The molecule has 1 aromatic carbocycles. The predicted octanol–water partition coefficient (Wildman–Crippen LogP) is 2.33. The number of aromatic hydroxyl groups is 1. The number of thioether (sulfide) groups is 1. The zero-order chi connectivity index (χ0) is 13.1. The molecule has 0 unspecified atom stereocenters. The van der Waals surface area contributed by atoms with Crippen molar-refractivity contribution in [1.29, 1.82) is 0 Å². The lowest BCUT2D eigenvalue weighted by Gasteiger charge is -2.04. The molecule has 2 aromatic rings. The fraction of sp³-hybridized carbons (Fsp3) is 0.0909. The Morgan fingerprint density at radius 3 is 2.50 bits per heavy atom. The first kappa shape index (κ1) is 12.6. The van der Waals surface area contributed by atoms with Crippen LogP contribution in [-0.2, 0) is 5.75 Å². The van der Waals surface area contributed by atoms with Gasteiger partial charge in [0.2, 0.25) is 5.88 Å². The van der Waals surface area contributed by atoms with Gasteiger partial charge in [0.05, 0.1) is 0 Å². The van der Waals surface area contributed by atoms with Crippen LogP contribution in [0.1, 0.15) is 5.56 Å². The standard InChI is InChI=1S/C11H9F2N3OS/c12-7-2-1-3-8(13)6(7)5-18-11-15-9(14)4-10(17)16-11/h1-4H,5H2,(H3,14,15,16,17). The first-order valence-electron chi connectivity index (χ1n) is 4.95. The van der Waals surface area contributed by atoms with Crippen LogP contribution in [0, 0.1) is 11.6 Å². The van der Waals surface area contributed by atoms with E-state index < -0.39 is 11.6 Å². The average Bonchev–Trinajstić information content (AvgIpc) is 2.27. The van der Waals surface area contributed by atoms with Crippen molar-refractivity contribution in [3.8, 4) is 5.88 Å². The molecule has 0 amide bonds. The zero-order valence-electron chi connectivity index (χ0n) is 9.10. The molecule has 0 saturated carbocycles. The highest BCUT2D eigenvalue weighted by Crippen LogP contribution is 2.25. The van der Waals surface area contributed by atoms with Gasteiger partial charge < -0.3 is 10.8 Å². The molecular weight excluding hydrogens is 260 g/mol. The minimum atomic E-state index is -0.629. The van der Waals surface area contributed by atoms with E-state index in [1.54, 1.807) is 0 Å². The van der Waals surface area contributed by atoms with E-state index in [0.29, 0.717) is 0 Å². The summed E-state index contributed by atoms with van der Waals surface area (Å²) in [7, 11) is 0. The Bertz CT molecular complexity index is 540. The van der Waals surface area contributed by atoms with Gasteiger partial charge in [-0.25, -0.2) is 13.8 Å². The number of aromatic nitrogens is 2. The van der Waals surface area contributed by atoms with Gasteiger partial charge in [-0.3, -0.25) is 0 Å². The minimum Gasteiger partial charge on any atom is -0.493 e. The summed E-state index contributed by atoms with van der Waals surface area (Å²) in [6, 6.07) is 4.84. The Hall–Kier alpha value is -1.89. The first-order valence-corrected chi connectivity index (χ1v) is 5.94. The molecule has 1 aromatic heterocycles. The normalized spacial score (nSPS) is 10.6.